The van der Waals surface area contributed by atoms with Crippen LogP contribution in [0.1, 0.15) is 49.0 Å². The minimum Gasteiger partial charge on any atom is -0.479 e. The van der Waals surface area contributed by atoms with Crippen LogP contribution in [0.5, 0.6) is 11.5 Å². The first kappa shape index (κ1) is 27.4. The molecule has 2 aromatic carbocycles. The van der Waals surface area contributed by atoms with Gasteiger partial charge < -0.3 is 24.6 Å². The highest BCUT2D eigenvalue weighted by molar-refractivity contribution is 6.07. The number of rotatable bonds is 13. The molecule has 196 valence electrons. The fourth-order valence-corrected chi connectivity index (χ4v) is 3.58. The maximum atomic E-state index is 12.4. The lowest BCUT2D eigenvalue weighted by Crippen LogP contribution is -2.60. The van der Waals surface area contributed by atoms with E-state index in [-0.39, 0.29) is 43.7 Å². The van der Waals surface area contributed by atoms with Gasteiger partial charge in [0.1, 0.15) is 11.5 Å². The van der Waals surface area contributed by atoms with E-state index in [0.29, 0.717) is 22.6 Å². The predicted octanol–water partition coefficient (Wildman–Crippen LogP) is 3.07. The quantitative estimate of drug-likeness (QED) is 0.235. The molecule has 2 aromatic rings. The average molecular weight is 512 g/mol. The second kappa shape index (κ2) is 12.2. The van der Waals surface area contributed by atoms with Crippen LogP contribution in [-0.2, 0) is 35.1 Å². The molecule has 1 amide bonds. The third-order valence-corrected chi connectivity index (χ3v) is 5.76. The van der Waals surface area contributed by atoms with E-state index in [0.717, 1.165) is 19.8 Å². The SMILES string of the molecule is CCOC(=O)C(CCc1ccc(Oc2ccc(C(=O)COC(=O)C3CC3)cc2)cc1)(NC(C)=O)C(=O)O. The number of Topliss-reactive ketones (excluding diaryl/α,β-unsaturated/α-hetero) is 1. The molecule has 1 saturated carbocycles. The van der Waals surface area contributed by atoms with Crippen molar-refractivity contribution in [1.29, 1.82) is 0 Å². The monoisotopic (exact) mass is 511 g/mol. The summed E-state index contributed by atoms with van der Waals surface area (Å²) in [6, 6.07) is 13.2. The van der Waals surface area contributed by atoms with Crippen LogP contribution in [0.4, 0.5) is 0 Å². The lowest BCUT2D eigenvalue weighted by molar-refractivity contribution is -0.165. The number of ether oxygens (including phenoxy) is 3. The predicted molar refractivity (Wildman–Crippen MR) is 130 cm³/mol. The van der Waals surface area contributed by atoms with Crippen LogP contribution < -0.4 is 10.1 Å². The molecule has 37 heavy (non-hydrogen) atoms. The van der Waals surface area contributed by atoms with Gasteiger partial charge in [0.15, 0.2) is 12.4 Å². The number of aryl methyl sites for hydroxylation is 1. The third kappa shape index (κ3) is 7.39. The van der Waals surface area contributed by atoms with Crippen molar-refractivity contribution in [2.75, 3.05) is 13.2 Å². The third-order valence-electron chi connectivity index (χ3n) is 5.76. The van der Waals surface area contributed by atoms with Gasteiger partial charge in [-0.15, -0.1) is 0 Å². The molecule has 0 saturated heterocycles. The number of benzene rings is 2. The maximum absolute atomic E-state index is 12.4. The van der Waals surface area contributed by atoms with Gasteiger partial charge in [-0.05, 0) is 74.6 Å². The number of esters is 2. The summed E-state index contributed by atoms with van der Waals surface area (Å²) >= 11 is 0. The number of nitrogens with one attached hydrogen (secondary N) is 1. The number of amides is 1. The molecule has 2 N–H and O–H groups in total. The Morgan fingerprint density at radius 1 is 0.946 bits per heavy atom. The standard InChI is InChI=1S/C27H29NO9/c1-3-35-26(34)27(25(32)33,28-17(2)29)15-14-18-4-10-21(11-5-18)37-22-12-8-19(9-13-22)23(30)16-36-24(31)20-6-7-20/h4-5,8-13,20H,3,6-7,14-16H2,1-2H3,(H,28,29)(H,32,33). The van der Waals surface area contributed by atoms with Crippen LogP contribution in [0.3, 0.4) is 0 Å². The molecular formula is C27H29NO9. The van der Waals surface area contributed by atoms with Gasteiger partial charge in [-0.25, -0.2) is 9.59 Å². The van der Waals surface area contributed by atoms with Gasteiger partial charge >= 0.3 is 17.9 Å². The molecule has 10 heteroatoms. The van der Waals surface area contributed by atoms with E-state index in [1.807, 2.05) is 0 Å². The van der Waals surface area contributed by atoms with Gasteiger partial charge in [0.05, 0.1) is 12.5 Å². The Morgan fingerprint density at radius 2 is 1.54 bits per heavy atom. The smallest absolute Gasteiger partial charge is 0.343 e. The summed E-state index contributed by atoms with van der Waals surface area (Å²) < 4.78 is 15.7. The first-order valence-corrected chi connectivity index (χ1v) is 11.9. The van der Waals surface area contributed by atoms with E-state index in [4.69, 9.17) is 14.2 Å². The number of ketones is 1. The molecule has 0 radical (unpaired) electrons. The average Bonchev–Trinajstić information content (AvgIpc) is 3.72. The highest BCUT2D eigenvalue weighted by atomic mass is 16.5. The van der Waals surface area contributed by atoms with Crippen LogP contribution in [0.25, 0.3) is 0 Å². The Bertz CT molecular complexity index is 1150. The molecule has 3 rings (SSSR count). The Balaban J connectivity index is 1.58. The molecular weight excluding hydrogens is 482 g/mol. The van der Waals surface area contributed by atoms with Crippen molar-refractivity contribution in [3.05, 3.63) is 59.7 Å². The molecule has 0 aliphatic heterocycles. The number of carboxylic acid groups (broad SMARTS) is 1. The van der Waals surface area contributed by atoms with Gasteiger partial charge in [-0.1, -0.05) is 12.1 Å². The van der Waals surface area contributed by atoms with Gasteiger partial charge in [0, 0.05) is 12.5 Å². The first-order chi connectivity index (χ1) is 17.6. The summed E-state index contributed by atoms with van der Waals surface area (Å²) in [7, 11) is 0. The Labute approximate surface area is 213 Å². The van der Waals surface area contributed by atoms with Crippen molar-refractivity contribution in [2.24, 2.45) is 5.92 Å². The van der Waals surface area contributed by atoms with Crippen molar-refractivity contribution in [2.45, 2.75) is 45.1 Å². The summed E-state index contributed by atoms with van der Waals surface area (Å²) in [5.41, 5.74) is -1.07. The molecule has 1 fully saturated rings. The fraction of sp³-hybridized carbons (Fsp3) is 0.370. The van der Waals surface area contributed by atoms with Crippen LogP contribution in [-0.4, -0.2) is 53.5 Å². The number of carboxylic acids is 1. The zero-order valence-electron chi connectivity index (χ0n) is 20.7. The highest BCUT2D eigenvalue weighted by Gasteiger charge is 2.48. The van der Waals surface area contributed by atoms with Gasteiger partial charge in [-0.2, -0.15) is 0 Å². The fourth-order valence-electron chi connectivity index (χ4n) is 3.58. The summed E-state index contributed by atoms with van der Waals surface area (Å²) in [6.45, 7) is 2.37. The Kier molecular flexibility index (Phi) is 9.00. The molecule has 0 heterocycles. The second-order valence-electron chi connectivity index (χ2n) is 8.69. The summed E-state index contributed by atoms with van der Waals surface area (Å²) in [5.74, 6) is -2.90. The van der Waals surface area contributed by atoms with Gasteiger partial charge in [0.25, 0.3) is 0 Å². The molecule has 0 bridgehead atoms. The molecule has 1 aliphatic rings. The molecule has 0 aromatic heterocycles. The molecule has 0 spiro atoms. The lowest BCUT2D eigenvalue weighted by atomic mass is 9.91. The molecule has 10 nitrogen and oxygen atoms in total. The lowest BCUT2D eigenvalue weighted by Gasteiger charge is -2.27. The normalized spacial score (nSPS) is 14.1. The molecule has 1 atom stereocenters. The minimum atomic E-state index is -2.19. The number of hydrogen-bond acceptors (Lipinski definition) is 8. The van der Waals surface area contributed by atoms with E-state index in [1.165, 1.54) is 0 Å². The number of carbonyl (C=O) groups excluding carboxylic acids is 4. The highest BCUT2D eigenvalue weighted by Crippen LogP contribution is 2.30. The first-order valence-electron chi connectivity index (χ1n) is 11.9. The molecule has 1 aliphatic carbocycles. The van der Waals surface area contributed by atoms with E-state index in [1.54, 1.807) is 55.5 Å². The Morgan fingerprint density at radius 3 is 2.05 bits per heavy atom. The van der Waals surface area contributed by atoms with Crippen molar-refractivity contribution in [3.8, 4) is 11.5 Å². The maximum Gasteiger partial charge on any atom is 0.343 e. The minimum absolute atomic E-state index is 0.0253. The number of hydrogen-bond donors (Lipinski definition) is 2. The summed E-state index contributed by atoms with van der Waals surface area (Å²) in [6.07, 6.45) is 1.60. The van der Waals surface area contributed by atoms with Crippen LogP contribution >= 0.6 is 0 Å². The van der Waals surface area contributed by atoms with Crippen molar-refractivity contribution < 1.29 is 43.3 Å². The number of aliphatic carboxylic acids is 1. The van der Waals surface area contributed by atoms with Gasteiger partial charge in [0.2, 0.25) is 11.4 Å². The van der Waals surface area contributed by atoms with Crippen molar-refractivity contribution in [3.63, 3.8) is 0 Å². The Hall–Kier alpha value is -4.21. The van der Waals surface area contributed by atoms with Crippen molar-refractivity contribution >= 4 is 29.6 Å². The second-order valence-corrected chi connectivity index (χ2v) is 8.69. The molecule has 1 unspecified atom stereocenters. The summed E-state index contributed by atoms with van der Waals surface area (Å²) in [4.78, 5) is 59.7. The van der Waals surface area contributed by atoms with E-state index >= 15 is 0 Å². The van der Waals surface area contributed by atoms with Crippen molar-refractivity contribution in [1.82, 2.24) is 5.32 Å². The van der Waals surface area contributed by atoms with E-state index in [2.05, 4.69) is 5.32 Å². The van der Waals surface area contributed by atoms with Gasteiger partial charge in [-0.3, -0.25) is 14.4 Å². The number of carbonyl (C=O) groups is 5. The largest absolute Gasteiger partial charge is 0.479 e. The van der Waals surface area contributed by atoms with Crippen LogP contribution in [0.2, 0.25) is 0 Å². The zero-order valence-corrected chi connectivity index (χ0v) is 20.7. The van der Waals surface area contributed by atoms with E-state index in [9.17, 15) is 29.1 Å². The van der Waals surface area contributed by atoms with Crippen LogP contribution in [0.15, 0.2) is 48.5 Å². The topological polar surface area (TPSA) is 145 Å². The van der Waals surface area contributed by atoms with E-state index < -0.39 is 23.4 Å². The summed E-state index contributed by atoms with van der Waals surface area (Å²) in [5, 5.41) is 11.9. The zero-order chi connectivity index (χ0) is 27.0. The van der Waals surface area contributed by atoms with Crippen LogP contribution in [0, 0.1) is 5.92 Å².